The van der Waals surface area contributed by atoms with E-state index in [4.69, 9.17) is 5.11 Å². The molecule has 5 heteroatoms. The number of aliphatic carboxylic acids is 1. The topological polar surface area (TPSA) is 66.4 Å². The highest BCUT2D eigenvalue weighted by atomic mass is 32.2. The van der Waals surface area contributed by atoms with Gasteiger partial charge in [-0.3, -0.25) is 9.59 Å². The van der Waals surface area contributed by atoms with E-state index >= 15 is 0 Å². The van der Waals surface area contributed by atoms with Gasteiger partial charge < -0.3 is 10.4 Å². The largest absolute Gasteiger partial charge is 0.481 e. The maximum atomic E-state index is 11.2. The van der Waals surface area contributed by atoms with Gasteiger partial charge in [-0.25, -0.2) is 0 Å². The van der Waals surface area contributed by atoms with Crippen molar-refractivity contribution in [2.24, 2.45) is 5.92 Å². The molecule has 1 atom stereocenters. The van der Waals surface area contributed by atoms with Crippen molar-refractivity contribution in [3.05, 3.63) is 0 Å². The lowest BCUT2D eigenvalue weighted by Gasteiger charge is -2.06. The summed E-state index contributed by atoms with van der Waals surface area (Å²) in [5.74, 6) is -0.379. The molecule has 0 bridgehead atoms. The summed E-state index contributed by atoms with van der Waals surface area (Å²) in [7, 11) is 0. The normalized spacial score (nSPS) is 12.1. The molecule has 0 aliphatic carbocycles. The zero-order valence-corrected chi connectivity index (χ0v) is 10.1. The average molecular weight is 233 g/mol. The van der Waals surface area contributed by atoms with Crippen LogP contribution in [-0.2, 0) is 9.59 Å². The third-order valence-electron chi connectivity index (χ3n) is 1.88. The van der Waals surface area contributed by atoms with E-state index in [1.165, 1.54) is 11.8 Å². The van der Waals surface area contributed by atoms with Crippen molar-refractivity contribution >= 4 is 23.6 Å². The van der Waals surface area contributed by atoms with Crippen molar-refractivity contribution in [1.82, 2.24) is 5.32 Å². The number of amides is 1. The molecule has 0 radical (unpaired) electrons. The number of unbranched alkanes of at least 4 members (excludes halogenated alkanes) is 1. The van der Waals surface area contributed by atoms with Crippen molar-refractivity contribution in [3.8, 4) is 0 Å². The van der Waals surface area contributed by atoms with E-state index in [1.807, 2.05) is 0 Å². The third-order valence-corrected chi connectivity index (χ3v) is 3.08. The molecule has 1 unspecified atom stereocenters. The van der Waals surface area contributed by atoms with E-state index in [0.717, 1.165) is 12.8 Å². The molecule has 0 aliphatic heterocycles. The van der Waals surface area contributed by atoms with Crippen LogP contribution in [0.3, 0.4) is 0 Å². The molecule has 0 fully saturated rings. The minimum Gasteiger partial charge on any atom is -0.481 e. The monoisotopic (exact) mass is 233 g/mol. The predicted molar refractivity (Wildman–Crippen MR) is 62.0 cm³/mol. The van der Waals surface area contributed by atoms with Gasteiger partial charge in [0.15, 0.2) is 0 Å². The van der Waals surface area contributed by atoms with Crippen LogP contribution in [0.2, 0.25) is 0 Å². The van der Waals surface area contributed by atoms with Crippen molar-refractivity contribution < 1.29 is 14.7 Å². The predicted octanol–water partition coefficient (Wildman–Crippen LogP) is 1.36. The smallest absolute Gasteiger partial charge is 0.307 e. The average Bonchev–Trinajstić information content (AvgIpc) is 2.18. The van der Waals surface area contributed by atoms with Gasteiger partial charge in [0.25, 0.3) is 0 Å². The van der Waals surface area contributed by atoms with Crippen molar-refractivity contribution in [3.63, 3.8) is 0 Å². The molecule has 4 nitrogen and oxygen atoms in total. The van der Waals surface area contributed by atoms with Gasteiger partial charge in [-0.05, 0) is 6.42 Å². The zero-order chi connectivity index (χ0) is 11.7. The van der Waals surface area contributed by atoms with E-state index in [-0.39, 0.29) is 5.91 Å². The molecule has 0 heterocycles. The number of hydrogen-bond donors (Lipinski definition) is 2. The Morgan fingerprint density at radius 1 is 1.47 bits per heavy atom. The molecule has 0 rings (SSSR count). The Hall–Kier alpha value is -0.710. The van der Waals surface area contributed by atoms with Crippen molar-refractivity contribution in [1.29, 1.82) is 0 Å². The molecule has 0 aromatic carbocycles. The number of carbonyl (C=O) groups excluding carboxylic acids is 1. The summed E-state index contributed by atoms with van der Waals surface area (Å²) in [6.45, 7) is 4.42. The summed E-state index contributed by atoms with van der Waals surface area (Å²) in [4.78, 5) is 21.7. The van der Waals surface area contributed by atoms with Gasteiger partial charge in [-0.1, -0.05) is 20.3 Å². The Bertz CT molecular complexity index is 209. The Kier molecular flexibility index (Phi) is 8.18. The lowest BCUT2D eigenvalue weighted by atomic mass is 10.2. The highest BCUT2D eigenvalue weighted by molar-refractivity contribution is 7.99. The molecule has 15 heavy (non-hydrogen) atoms. The molecule has 1 amide bonds. The summed E-state index contributed by atoms with van der Waals surface area (Å²) < 4.78 is 0. The minimum atomic E-state index is -0.811. The second kappa shape index (κ2) is 8.59. The lowest BCUT2D eigenvalue weighted by Crippen LogP contribution is -2.26. The zero-order valence-electron chi connectivity index (χ0n) is 9.28. The van der Waals surface area contributed by atoms with Crippen LogP contribution in [-0.4, -0.2) is 35.0 Å². The molecule has 0 spiro atoms. The van der Waals surface area contributed by atoms with Crippen molar-refractivity contribution in [2.75, 3.05) is 18.1 Å². The van der Waals surface area contributed by atoms with Crippen LogP contribution in [0.4, 0.5) is 0 Å². The van der Waals surface area contributed by atoms with E-state index in [0.29, 0.717) is 18.1 Å². The summed E-state index contributed by atoms with van der Waals surface area (Å²) in [6.07, 6.45) is 2.05. The van der Waals surface area contributed by atoms with Gasteiger partial charge in [-0.2, -0.15) is 11.8 Å². The van der Waals surface area contributed by atoms with Crippen LogP contribution in [0.25, 0.3) is 0 Å². The Morgan fingerprint density at radius 3 is 2.67 bits per heavy atom. The van der Waals surface area contributed by atoms with E-state index in [1.54, 1.807) is 6.92 Å². The van der Waals surface area contributed by atoms with E-state index in [9.17, 15) is 9.59 Å². The van der Waals surface area contributed by atoms with Crippen molar-refractivity contribution in [2.45, 2.75) is 26.7 Å². The van der Waals surface area contributed by atoms with Crippen LogP contribution < -0.4 is 5.32 Å². The first-order chi connectivity index (χ1) is 7.07. The highest BCUT2D eigenvalue weighted by Gasteiger charge is 2.11. The summed E-state index contributed by atoms with van der Waals surface area (Å²) in [5, 5.41) is 11.4. The van der Waals surface area contributed by atoms with E-state index in [2.05, 4.69) is 12.2 Å². The van der Waals surface area contributed by atoms with Gasteiger partial charge in [-0.15, -0.1) is 0 Å². The molecule has 88 valence electrons. The van der Waals surface area contributed by atoms with Gasteiger partial charge in [0.2, 0.25) is 5.91 Å². The lowest BCUT2D eigenvalue weighted by molar-refractivity contribution is -0.140. The Balaban J connectivity index is 3.42. The molecule has 0 aliphatic rings. The van der Waals surface area contributed by atoms with Crippen LogP contribution in [0.5, 0.6) is 0 Å². The number of carboxylic acids is 1. The third kappa shape index (κ3) is 8.30. The Labute approximate surface area is 94.8 Å². The maximum absolute atomic E-state index is 11.2. The fourth-order valence-corrected chi connectivity index (χ4v) is 1.76. The fourth-order valence-electron chi connectivity index (χ4n) is 0.855. The summed E-state index contributed by atoms with van der Waals surface area (Å²) in [5.41, 5.74) is 0. The minimum absolute atomic E-state index is 0.00830. The van der Waals surface area contributed by atoms with Crippen LogP contribution in [0, 0.1) is 5.92 Å². The maximum Gasteiger partial charge on any atom is 0.307 e. The second-order valence-electron chi connectivity index (χ2n) is 3.46. The van der Waals surface area contributed by atoms with Gasteiger partial charge in [0.05, 0.1) is 11.7 Å². The molecule has 0 aromatic rings. The standard InChI is InChI=1S/C10H19NO3S/c1-3-4-5-11-9(12)7-15-6-8(2)10(13)14/h8H,3-7H2,1-2H3,(H,11,12)(H,13,14). The quantitative estimate of drug-likeness (QED) is 0.621. The number of hydrogen-bond acceptors (Lipinski definition) is 3. The molecule has 0 aromatic heterocycles. The molecular weight excluding hydrogens is 214 g/mol. The molecule has 0 saturated carbocycles. The van der Waals surface area contributed by atoms with Crippen LogP contribution in [0.15, 0.2) is 0 Å². The molecule has 2 N–H and O–H groups in total. The summed E-state index contributed by atoms with van der Waals surface area (Å²) >= 11 is 1.36. The number of rotatable bonds is 8. The summed E-state index contributed by atoms with van der Waals surface area (Å²) in [6, 6.07) is 0. The Morgan fingerprint density at radius 2 is 2.13 bits per heavy atom. The van der Waals surface area contributed by atoms with Gasteiger partial charge >= 0.3 is 5.97 Å². The number of carboxylic acid groups (broad SMARTS) is 1. The molecular formula is C10H19NO3S. The number of carbonyl (C=O) groups is 2. The first kappa shape index (κ1) is 14.3. The number of nitrogens with one attached hydrogen (secondary N) is 1. The van der Waals surface area contributed by atoms with Crippen LogP contribution >= 0.6 is 11.8 Å². The van der Waals surface area contributed by atoms with Gasteiger partial charge in [0.1, 0.15) is 0 Å². The first-order valence-corrected chi connectivity index (χ1v) is 6.30. The van der Waals surface area contributed by atoms with E-state index < -0.39 is 11.9 Å². The SMILES string of the molecule is CCCCNC(=O)CSCC(C)C(=O)O. The second-order valence-corrected chi connectivity index (χ2v) is 4.49. The molecule has 0 saturated heterocycles. The fraction of sp³-hybridized carbons (Fsp3) is 0.800. The first-order valence-electron chi connectivity index (χ1n) is 5.15. The van der Waals surface area contributed by atoms with Gasteiger partial charge in [0, 0.05) is 12.3 Å². The number of thioether (sulfide) groups is 1. The highest BCUT2D eigenvalue weighted by Crippen LogP contribution is 2.07. The van der Waals surface area contributed by atoms with Crippen LogP contribution in [0.1, 0.15) is 26.7 Å².